The molecule has 0 bridgehead atoms. The molecule has 0 spiro atoms. The van der Waals surface area contributed by atoms with Gasteiger partial charge in [-0.25, -0.2) is 4.68 Å². The number of halogens is 1. The predicted octanol–water partition coefficient (Wildman–Crippen LogP) is 4.08. The lowest BCUT2D eigenvalue weighted by molar-refractivity contribution is 0.0735. The third-order valence-corrected chi connectivity index (χ3v) is 6.05. The molecule has 2 amide bonds. The largest absolute Gasteiger partial charge is 0.336 e. The number of piperazine rings is 1. The Morgan fingerprint density at radius 2 is 1.85 bits per heavy atom. The Labute approximate surface area is 198 Å². The van der Waals surface area contributed by atoms with E-state index in [1.165, 1.54) is 0 Å². The molecule has 0 unspecified atom stereocenters. The standard InChI is InChI=1S/C25H28ClN5O2/c1-3-4-23-21(16-28-31(23)20-8-6-19(26)7-9-20)24(32)29-22-10-5-18(15-17(22)2)25(33)30-13-11-27-12-14-30/h5-10,15-16,27H,3-4,11-14H2,1-2H3,(H,29,32). The number of nitrogens with zero attached hydrogens (tertiary/aromatic N) is 3. The number of aromatic nitrogens is 2. The van der Waals surface area contributed by atoms with Gasteiger partial charge in [0, 0.05) is 42.5 Å². The van der Waals surface area contributed by atoms with Gasteiger partial charge in [0.15, 0.2) is 0 Å². The number of benzene rings is 2. The molecule has 2 heterocycles. The fourth-order valence-corrected chi connectivity index (χ4v) is 4.15. The molecule has 172 valence electrons. The van der Waals surface area contributed by atoms with Crippen LogP contribution in [0, 0.1) is 6.92 Å². The van der Waals surface area contributed by atoms with E-state index in [2.05, 4.69) is 22.7 Å². The first-order valence-electron chi connectivity index (χ1n) is 11.2. The van der Waals surface area contributed by atoms with Crippen LogP contribution >= 0.6 is 11.6 Å². The Hall–Kier alpha value is -3.16. The summed E-state index contributed by atoms with van der Waals surface area (Å²) in [5.74, 6) is -0.199. The smallest absolute Gasteiger partial charge is 0.259 e. The third-order valence-electron chi connectivity index (χ3n) is 5.80. The van der Waals surface area contributed by atoms with Gasteiger partial charge in [0.25, 0.3) is 11.8 Å². The van der Waals surface area contributed by atoms with Crippen molar-refractivity contribution in [3.63, 3.8) is 0 Å². The molecular formula is C25H28ClN5O2. The Bertz CT molecular complexity index is 1150. The summed E-state index contributed by atoms with van der Waals surface area (Å²) in [6.07, 6.45) is 3.19. The van der Waals surface area contributed by atoms with Crippen LogP contribution in [-0.2, 0) is 6.42 Å². The fraction of sp³-hybridized carbons (Fsp3) is 0.320. The summed E-state index contributed by atoms with van der Waals surface area (Å²) in [6, 6.07) is 12.8. The Balaban J connectivity index is 1.54. The number of rotatable bonds is 6. The monoisotopic (exact) mass is 465 g/mol. The zero-order valence-corrected chi connectivity index (χ0v) is 19.7. The topological polar surface area (TPSA) is 79.3 Å². The van der Waals surface area contributed by atoms with Gasteiger partial charge in [-0.2, -0.15) is 5.10 Å². The first-order chi connectivity index (χ1) is 16.0. The molecule has 0 aliphatic carbocycles. The van der Waals surface area contributed by atoms with E-state index in [1.807, 2.05) is 30.0 Å². The Kier molecular flexibility index (Phi) is 7.11. The minimum atomic E-state index is -0.219. The van der Waals surface area contributed by atoms with Gasteiger partial charge in [-0.15, -0.1) is 0 Å². The van der Waals surface area contributed by atoms with E-state index in [0.717, 1.165) is 36.5 Å². The number of anilines is 1. The quantitative estimate of drug-likeness (QED) is 0.574. The maximum absolute atomic E-state index is 13.2. The Morgan fingerprint density at radius 3 is 2.52 bits per heavy atom. The first-order valence-corrected chi connectivity index (χ1v) is 11.6. The molecule has 2 aromatic carbocycles. The second kappa shape index (κ2) is 10.2. The summed E-state index contributed by atoms with van der Waals surface area (Å²) < 4.78 is 1.79. The van der Waals surface area contributed by atoms with Crippen LogP contribution in [0.3, 0.4) is 0 Å². The van der Waals surface area contributed by atoms with Gasteiger partial charge < -0.3 is 15.5 Å². The van der Waals surface area contributed by atoms with E-state index in [9.17, 15) is 9.59 Å². The van der Waals surface area contributed by atoms with Crippen LogP contribution in [0.1, 0.15) is 45.3 Å². The highest BCUT2D eigenvalue weighted by Gasteiger charge is 2.21. The summed E-state index contributed by atoms with van der Waals surface area (Å²) in [7, 11) is 0. The molecule has 0 atom stereocenters. The van der Waals surface area contributed by atoms with Gasteiger partial charge in [0.05, 0.1) is 23.1 Å². The number of hydrogen-bond donors (Lipinski definition) is 2. The maximum atomic E-state index is 13.2. The van der Waals surface area contributed by atoms with Crippen LogP contribution in [0.4, 0.5) is 5.69 Å². The van der Waals surface area contributed by atoms with Gasteiger partial charge in [-0.3, -0.25) is 9.59 Å². The van der Waals surface area contributed by atoms with Crippen molar-refractivity contribution in [3.8, 4) is 5.69 Å². The zero-order chi connectivity index (χ0) is 23.4. The van der Waals surface area contributed by atoms with Gasteiger partial charge in [0.1, 0.15) is 0 Å². The molecule has 8 heteroatoms. The molecule has 7 nitrogen and oxygen atoms in total. The van der Waals surface area contributed by atoms with Crippen molar-refractivity contribution < 1.29 is 9.59 Å². The number of amides is 2. The molecule has 1 saturated heterocycles. The molecule has 33 heavy (non-hydrogen) atoms. The lowest BCUT2D eigenvalue weighted by Crippen LogP contribution is -2.46. The normalized spacial score (nSPS) is 13.7. The SMILES string of the molecule is CCCc1c(C(=O)Nc2ccc(C(=O)N3CCNCC3)cc2C)cnn1-c1ccc(Cl)cc1. The second-order valence-electron chi connectivity index (χ2n) is 8.17. The average Bonchev–Trinajstić information content (AvgIpc) is 3.25. The van der Waals surface area contributed by atoms with E-state index in [0.29, 0.717) is 41.3 Å². The van der Waals surface area contributed by atoms with Crippen LogP contribution in [0.2, 0.25) is 5.02 Å². The lowest BCUT2D eigenvalue weighted by atomic mass is 10.1. The van der Waals surface area contributed by atoms with Crippen molar-refractivity contribution in [2.45, 2.75) is 26.7 Å². The van der Waals surface area contributed by atoms with Crippen molar-refractivity contribution in [2.24, 2.45) is 0 Å². The van der Waals surface area contributed by atoms with Crippen LogP contribution in [0.5, 0.6) is 0 Å². The van der Waals surface area contributed by atoms with Crippen LogP contribution in [-0.4, -0.2) is 52.7 Å². The van der Waals surface area contributed by atoms with E-state index >= 15 is 0 Å². The highest BCUT2D eigenvalue weighted by atomic mass is 35.5. The van der Waals surface area contributed by atoms with Crippen molar-refractivity contribution >= 4 is 29.1 Å². The summed E-state index contributed by atoms with van der Waals surface area (Å²) >= 11 is 6.02. The first kappa shape index (κ1) is 23.0. The summed E-state index contributed by atoms with van der Waals surface area (Å²) in [4.78, 5) is 27.8. The minimum absolute atomic E-state index is 0.0203. The molecule has 4 rings (SSSR count). The lowest BCUT2D eigenvalue weighted by Gasteiger charge is -2.27. The minimum Gasteiger partial charge on any atom is -0.336 e. The van der Waals surface area contributed by atoms with Gasteiger partial charge >= 0.3 is 0 Å². The number of carbonyl (C=O) groups excluding carboxylic acids is 2. The van der Waals surface area contributed by atoms with Crippen LogP contribution in [0.25, 0.3) is 5.69 Å². The second-order valence-corrected chi connectivity index (χ2v) is 8.61. The van der Waals surface area contributed by atoms with E-state index in [4.69, 9.17) is 11.6 Å². The molecule has 1 aromatic heterocycles. The zero-order valence-electron chi connectivity index (χ0n) is 18.9. The van der Waals surface area contributed by atoms with Gasteiger partial charge in [0.2, 0.25) is 0 Å². The Morgan fingerprint density at radius 1 is 1.12 bits per heavy atom. The summed E-state index contributed by atoms with van der Waals surface area (Å²) in [5, 5.41) is 11.4. The van der Waals surface area contributed by atoms with Crippen molar-refractivity contribution in [1.82, 2.24) is 20.0 Å². The van der Waals surface area contributed by atoms with Crippen LogP contribution < -0.4 is 10.6 Å². The van der Waals surface area contributed by atoms with Crippen molar-refractivity contribution in [3.05, 3.63) is 76.1 Å². The molecule has 1 aliphatic heterocycles. The van der Waals surface area contributed by atoms with E-state index < -0.39 is 0 Å². The molecule has 1 fully saturated rings. The number of hydrogen-bond acceptors (Lipinski definition) is 4. The van der Waals surface area contributed by atoms with Crippen LogP contribution in [0.15, 0.2) is 48.7 Å². The molecule has 2 N–H and O–H groups in total. The van der Waals surface area contributed by atoms with Crippen molar-refractivity contribution in [1.29, 1.82) is 0 Å². The van der Waals surface area contributed by atoms with Crippen molar-refractivity contribution in [2.75, 3.05) is 31.5 Å². The number of aryl methyl sites for hydroxylation is 1. The number of carbonyl (C=O) groups is 2. The summed E-state index contributed by atoms with van der Waals surface area (Å²) in [5.41, 5.74) is 4.39. The molecule has 0 saturated carbocycles. The predicted molar refractivity (Wildman–Crippen MR) is 130 cm³/mol. The van der Waals surface area contributed by atoms with Gasteiger partial charge in [-0.05, 0) is 61.4 Å². The number of nitrogens with one attached hydrogen (secondary N) is 2. The molecule has 1 aliphatic rings. The third kappa shape index (κ3) is 5.10. The van der Waals surface area contributed by atoms with Gasteiger partial charge in [-0.1, -0.05) is 24.9 Å². The molecule has 3 aromatic rings. The molecule has 0 radical (unpaired) electrons. The molecular weight excluding hydrogens is 438 g/mol. The van der Waals surface area contributed by atoms with E-state index in [1.54, 1.807) is 35.1 Å². The highest BCUT2D eigenvalue weighted by molar-refractivity contribution is 6.30. The highest BCUT2D eigenvalue weighted by Crippen LogP contribution is 2.22. The maximum Gasteiger partial charge on any atom is 0.259 e. The summed E-state index contributed by atoms with van der Waals surface area (Å²) in [6.45, 7) is 6.99. The fourth-order valence-electron chi connectivity index (χ4n) is 4.02. The van der Waals surface area contributed by atoms with E-state index in [-0.39, 0.29) is 11.8 Å². The average molecular weight is 466 g/mol.